The second-order valence-corrected chi connectivity index (χ2v) is 6.45. The number of halogens is 1. The molecule has 0 spiro atoms. The minimum absolute atomic E-state index is 0.174. The van der Waals surface area contributed by atoms with Crippen molar-refractivity contribution in [1.82, 2.24) is 15.0 Å². The largest absolute Gasteiger partial charge is 0.497 e. The van der Waals surface area contributed by atoms with E-state index in [1.807, 2.05) is 36.4 Å². The lowest BCUT2D eigenvalue weighted by atomic mass is 10.2. The molecule has 0 radical (unpaired) electrons. The van der Waals surface area contributed by atoms with Gasteiger partial charge in [-0.25, -0.2) is 4.39 Å². The van der Waals surface area contributed by atoms with Gasteiger partial charge in [-0.1, -0.05) is 17.3 Å². The van der Waals surface area contributed by atoms with E-state index in [4.69, 9.17) is 9.26 Å². The minimum Gasteiger partial charge on any atom is -0.497 e. The van der Waals surface area contributed by atoms with Crippen LogP contribution in [0.5, 0.6) is 5.75 Å². The van der Waals surface area contributed by atoms with Gasteiger partial charge in [0.2, 0.25) is 11.7 Å². The van der Waals surface area contributed by atoms with Crippen molar-refractivity contribution in [2.24, 2.45) is 0 Å². The van der Waals surface area contributed by atoms with Crippen LogP contribution in [-0.2, 0) is 6.54 Å². The fraction of sp³-hybridized carbons (Fsp3) is 0.300. The van der Waals surface area contributed by atoms with E-state index in [1.54, 1.807) is 13.2 Å². The van der Waals surface area contributed by atoms with Gasteiger partial charge in [-0.3, -0.25) is 4.90 Å². The van der Waals surface area contributed by atoms with E-state index in [-0.39, 0.29) is 5.82 Å². The van der Waals surface area contributed by atoms with E-state index in [0.717, 1.165) is 37.5 Å². The van der Waals surface area contributed by atoms with Gasteiger partial charge < -0.3 is 14.2 Å². The molecule has 1 fully saturated rings. The second kappa shape index (κ2) is 7.75. The number of benzene rings is 2. The first-order valence-electron chi connectivity index (χ1n) is 8.92. The van der Waals surface area contributed by atoms with E-state index in [1.165, 1.54) is 6.07 Å². The second-order valence-electron chi connectivity index (χ2n) is 6.45. The maximum Gasteiger partial charge on any atom is 0.241 e. The molecule has 0 atom stereocenters. The molecule has 0 N–H and O–H groups in total. The summed E-state index contributed by atoms with van der Waals surface area (Å²) < 4.78 is 24.5. The van der Waals surface area contributed by atoms with Crippen molar-refractivity contribution in [3.8, 4) is 17.1 Å². The van der Waals surface area contributed by atoms with Crippen LogP contribution in [0.1, 0.15) is 5.89 Å². The quantitative estimate of drug-likeness (QED) is 0.689. The van der Waals surface area contributed by atoms with Gasteiger partial charge in [0.25, 0.3) is 0 Å². The predicted octanol–water partition coefficient (Wildman–Crippen LogP) is 3.21. The SMILES string of the molecule is COc1ccc(-c2noc(CN3CCN(c4ccccc4F)CC3)n2)cc1. The summed E-state index contributed by atoms with van der Waals surface area (Å²) in [6.45, 7) is 3.75. The highest BCUT2D eigenvalue weighted by molar-refractivity contribution is 5.55. The minimum atomic E-state index is -0.174. The predicted molar refractivity (Wildman–Crippen MR) is 100 cm³/mol. The highest BCUT2D eigenvalue weighted by atomic mass is 19.1. The fourth-order valence-corrected chi connectivity index (χ4v) is 3.22. The molecular weight excluding hydrogens is 347 g/mol. The van der Waals surface area contributed by atoms with Crippen LogP contribution in [0.4, 0.5) is 10.1 Å². The molecule has 7 heteroatoms. The molecule has 0 unspecified atom stereocenters. The van der Waals surface area contributed by atoms with Crippen LogP contribution in [0.15, 0.2) is 53.1 Å². The normalized spacial score (nSPS) is 15.1. The van der Waals surface area contributed by atoms with Gasteiger partial charge in [-0.2, -0.15) is 4.98 Å². The van der Waals surface area contributed by atoms with Crippen molar-refractivity contribution in [2.75, 3.05) is 38.2 Å². The van der Waals surface area contributed by atoms with Gasteiger partial charge in [0.05, 0.1) is 19.3 Å². The number of piperazine rings is 1. The number of rotatable bonds is 5. The average molecular weight is 368 g/mol. The monoisotopic (exact) mass is 368 g/mol. The number of aromatic nitrogens is 2. The summed E-state index contributed by atoms with van der Waals surface area (Å²) in [6, 6.07) is 14.4. The zero-order valence-electron chi connectivity index (χ0n) is 15.1. The Morgan fingerprint density at radius 3 is 2.48 bits per heavy atom. The van der Waals surface area contributed by atoms with Crippen molar-refractivity contribution in [3.63, 3.8) is 0 Å². The molecule has 0 bridgehead atoms. The lowest BCUT2D eigenvalue weighted by Crippen LogP contribution is -2.46. The summed E-state index contributed by atoms with van der Waals surface area (Å²) in [6.07, 6.45) is 0. The number of ether oxygens (including phenoxy) is 1. The summed E-state index contributed by atoms with van der Waals surface area (Å²) in [4.78, 5) is 8.80. The summed E-state index contributed by atoms with van der Waals surface area (Å²) >= 11 is 0. The molecule has 2 heterocycles. The summed E-state index contributed by atoms with van der Waals surface area (Å²) in [5.74, 6) is 1.76. The Bertz CT molecular complexity index is 889. The number of methoxy groups -OCH3 is 1. The molecule has 27 heavy (non-hydrogen) atoms. The topological polar surface area (TPSA) is 54.6 Å². The first kappa shape index (κ1) is 17.5. The Hall–Kier alpha value is -2.93. The van der Waals surface area contributed by atoms with Crippen LogP contribution in [0.3, 0.4) is 0 Å². The van der Waals surface area contributed by atoms with Crippen LogP contribution in [0.25, 0.3) is 11.4 Å². The molecule has 1 aliphatic rings. The van der Waals surface area contributed by atoms with E-state index in [0.29, 0.717) is 23.9 Å². The van der Waals surface area contributed by atoms with E-state index in [2.05, 4.69) is 19.9 Å². The fourth-order valence-electron chi connectivity index (χ4n) is 3.22. The number of para-hydroxylation sites is 1. The molecule has 1 aliphatic heterocycles. The summed E-state index contributed by atoms with van der Waals surface area (Å²) in [7, 11) is 1.63. The lowest BCUT2D eigenvalue weighted by Gasteiger charge is -2.35. The van der Waals surface area contributed by atoms with Gasteiger partial charge in [0, 0.05) is 31.7 Å². The maximum atomic E-state index is 13.9. The third kappa shape index (κ3) is 3.93. The molecule has 1 aromatic heterocycles. The molecule has 2 aromatic carbocycles. The van der Waals surface area contributed by atoms with Gasteiger partial charge >= 0.3 is 0 Å². The number of nitrogens with zero attached hydrogens (tertiary/aromatic N) is 4. The Labute approximate surface area is 157 Å². The van der Waals surface area contributed by atoms with Gasteiger partial charge in [-0.05, 0) is 36.4 Å². The Kier molecular flexibility index (Phi) is 5.02. The summed E-state index contributed by atoms with van der Waals surface area (Å²) in [5.41, 5.74) is 1.55. The van der Waals surface area contributed by atoms with E-state index in [9.17, 15) is 4.39 Å². The number of hydrogen-bond donors (Lipinski definition) is 0. The molecule has 140 valence electrons. The van der Waals surface area contributed by atoms with Crippen LogP contribution >= 0.6 is 0 Å². The molecule has 0 saturated carbocycles. The lowest BCUT2D eigenvalue weighted by molar-refractivity contribution is 0.215. The van der Waals surface area contributed by atoms with Crippen molar-refractivity contribution in [1.29, 1.82) is 0 Å². The van der Waals surface area contributed by atoms with Crippen molar-refractivity contribution >= 4 is 5.69 Å². The molecular formula is C20H21FN4O2. The maximum absolute atomic E-state index is 13.9. The Morgan fingerprint density at radius 2 is 1.78 bits per heavy atom. The standard InChI is InChI=1S/C20H21FN4O2/c1-26-16-8-6-15(7-9-16)20-22-19(27-23-20)14-24-10-12-25(13-11-24)18-5-3-2-4-17(18)21/h2-9H,10-14H2,1H3. The van der Waals surface area contributed by atoms with Crippen molar-refractivity contribution in [3.05, 3.63) is 60.2 Å². The highest BCUT2D eigenvalue weighted by Gasteiger charge is 2.21. The molecule has 3 aromatic rings. The zero-order chi connectivity index (χ0) is 18.6. The van der Waals surface area contributed by atoms with Gasteiger partial charge in [0.15, 0.2) is 0 Å². The highest BCUT2D eigenvalue weighted by Crippen LogP contribution is 2.22. The molecule has 0 amide bonds. The first-order chi connectivity index (χ1) is 13.2. The molecule has 1 saturated heterocycles. The molecule has 6 nitrogen and oxygen atoms in total. The Morgan fingerprint density at radius 1 is 1.04 bits per heavy atom. The molecule has 0 aliphatic carbocycles. The first-order valence-corrected chi connectivity index (χ1v) is 8.92. The van der Waals surface area contributed by atoms with Crippen molar-refractivity contribution in [2.45, 2.75) is 6.54 Å². The van der Waals surface area contributed by atoms with Crippen LogP contribution < -0.4 is 9.64 Å². The average Bonchev–Trinajstić information content (AvgIpc) is 3.18. The van der Waals surface area contributed by atoms with Gasteiger partial charge in [-0.15, -0.1) is 0 Å². The van der Waals surface area contributed by atoms with Crippen molar-refractivity contribution < 1.29 is 13.7 Å². The third-order valence-electron chi connectivity index (χ3n) is 4.74. The molecule has 4 rings (SSSR count). The van der Waals surface area contributed by atoms with E-state index >= 15 is 0 Å². The number of anilines is 1. The summed E-state index contributed by atoms with van der Waals surface area (Å²) in [5, 5.41) is 4.07. The van der Waals surface area contributed by atoms with Gasteiger partial charge in [0.1, 0.15) is 11.6 Å². The zero-order valence-corrected chi connectivity index (χ0v) is 15.1. The number of hydrogen-bond acceptors (Lipinski definition) is 6. The van der Waals surface area contributed by atoms with Crippen LogP contribution in [0, 0.1) is 5.82 Å². The Balaban J connectivity index is 1.35. The van der Waals surface area contributed by atoms with Crippen LogP contribution in [-0.4, -0.2) is 48.3 Å². The van der Waals surface area contributed by atoms with E-state index < -0.39 is 0 Å². The smallest absolute Gasteiger partial charge is 0.241 e. The van der Waals surface area contributed by atoms with Crippen LogP contribution in [0.2, 0.25) is 0 Å². The third-order valence-corrected chi connectivity index (χ3v) is 4.74.